The summed E-state index contributed by atoms with van der Waals surface area (Å²) in [4.78, 5) is 38.0. The van der Waals surface area contributed by atoms with Gasteiger partial charge in [0.2, 0.25) is 5.91 Å². The molecule has 1 N–H and O–H groups in total. The fraction of sp³-hybridized carbons (Fsp3) is 0.250. The lowest BCUT2D eigenvalue weighted by Crippen LogP contribution is -2.28. The Morgan fingerprint density at radius 3 is 2.67 bits per heavy atom. The van der Waals surface area contributed by atoms with Crippen molar-refractivity contribution in [3.63, 3.8) is 0 Å². The molecule has 1 aliphatic heterocycles. The van der Waals surface area contributed by atoms with Gasteiger partial charge in [-0.05, 0) is 36.8 Å². The van der Waals surface area contributed by atoms with Crippen molar-refractivity contribution in [1.82, 2.24) is 0 Å². The molecule has 1 saturated heterocycles. The van der Waals surface area contributed by atoms with Crippen LogP contribution in [0.3, 0.4) is 0 Å². The topological polar surface area (TPSA) is 75.7 Å². The molecule has 0 spiro atoms. The third kappa shape index (κ3) is 4.46. The Morgan fingerprint density at radius 2 is 1.93 bits per heavy atom. The van der Waals surface area contributed by atoms with E-state index in [2.05, 4.69) is 5.32 Å². The first-order chi connectivity index (χ1) is 13.0. The first-order valence-corrected chi connectivity index (χ1v) is 8.90. The number of rotatable bonds is 5. The quantitative estimate of drug-likeness (QED) is 0.801. The van der Waals surface area contributed by atoms with E-state index in [-0.39, 0.29) is 18.9 Å². The van der Waals surface area contributed by atoms with Gasteiger partial charge >= 0.3 is 5.97 Å². The summed E-state index contributed by atoms with van der Waals surface area (Å²) in [7, 11) is 0. The van der Waals surface area contributed by atoms with Crippen LogP contribution < -0.4 is 10.2 Å². The Balaban J connectivity index is 1.53. The van der Waals surface area contributed by atoms with Gasteiger partial charge in [-0.3, -0.25) is 14.4 Å². The molecule has 1 fully saturated rings. The van der Waals surface area contributed by atoms with E-state index in [0.717, 1.165) is 11.3 Å². The Hall–Kier alpha value is -2.86. The number of esters is 1. The average Bonchev–Trinajstić information content (AvgIpc) is 3.06. The van der Waals surface area contributed by atoms with Crippen LogP contribution in [0.5, 0.6) is 0 Å². The van der Waals surface area contributed by atoms with Crippen LogP contribution in [0.15, 0.2) is 48.5 Å². The molecule has 140 valence electrons. The van der Waals surface area contributed by atoms with Crippen LogP contribution in [0.4, 0.5) is 11.4 Å². The maximum Gasteiger partial charge on any atom is 0.311 e. The maximum atomic E-state index is 12.2. The lowest BCUT2D eigenvalue weighted by molar-refractivity contribution is -0.151. The standard InChI is InChI=1S/C20H19ClN2O4/c1-13-16(21)8-5-9-17(13)22-18(24)12-27-20(26)14-10-19(25)23(11-14)15-6-3-2-4-7-15/h2-9,14H,10-12H2,1H3,(H,22,24)/t14-/m1/s1. The molecule has 1 aliphatic rings. The number of para-hydroxylation sites is 1. The van der Waals surface area contributed by atoms with Gasteiger partial charge in [-0.25, -0.2) is 0 Å². The van der Waals surface area contributed by atoms with Crippen molar-refractivity contribution in [3.05, 3.63) is 59.1 Å². The van der Waals surface area contributed by atoms with Crippen LogP contribution in [0.2, 0.25) is 5.02 Å². The molecular weight excluding hydrogens is 368 g/mol. The summed E-state index contributed by atoms with van der Waals surface area (Å²) in [6.45, 7) is 1.61. The summed E-state index contributed by atoms with van der Waals surface area (Å²) in [5, 5.41) is 3.20. The summed E-state index contributed by atoms with van der Waals surface area (Å²) < 4.78 is 5.10. The van der Waals surface area contributed by atoms with Crippen molar-refractivity contribution in [3.8, 4) is 0 Å². The van der Waals surface area contributed by atoms with Crippen molar-refractivity contribution in [1.29, 1.82) is 0 Å². The Labute approximate surface area is 162 Å². The van der Waals surface area contributed by atoms with Gasteiger partial charge in [-0.15, -0.1) is 0 Å². The van der Waals surface area contributed by atoms with Gasteiger partial charge in [-0.2, -0.15) is 0 Å². The largest absolute Gasteiger partial charge is 0.455 e. The molecule has 6 nitrogen and oxygen atoms in total. The molecule has 3 rings (SSSR count). The molecule has 1 atom stereocenters. The third-order valence-electron chi connectivity index (χ3n) is 4.41. The molecule has 27 heavy (non-hydrogen) atoms. The van der Waals surface area contributed by atoms with Crippen LogP contribution in [0.25, 0.3) is 0 Å². The Bertz CT molecular complexity index is 870. The SMILES string of the molecule is Cc1c(Cl)cccc1NC(=O)COC(=O)[C@@H]1CC(=O)N(c2ccccc2)C1. The van der Waals surface area contributed by atoms with Gasteiger partial charge in [0.1, 0.15) is 0 Å². The second-order valence-electron chi connectivity index (χ2n) is 6.31. The number of halogens is 1. The maximum absolute atomic E-state index is 12.2. The summed E-state index contributed by atoms with van der Waals surface area (Å²) >= 11 is 6.02. The van der Waals surface area contributed by atoms with E-state index < -0.39 is 24.4 Å². The number of carbonyl (C=O) groups is 3. The van der Waals surface area contributed by atoms with Crippen molar-refractivity contribution in [2.45, 2.75) is 13.3 Å². The number of nitrogens with zero attached hydrogens (tertiary/aromatic N) is 1. The summed E-state index contributed by atoms with van der Waals surface area (Å²) in [6, 6.07) is 14.3. The molecule has 1 heterocycles. The zero-order valence-corrected chi connectivity index (χ0v) is 15.5. The van der Waals surface area contributed by atoms with Gasteiger partial charge in [0, 0.05) is 29.4 Å². The van der Waals surface area contributed by atoms with E-state index in [1.807, 2.05) is 30.3 Å². The predicted octanol–water partition coefficient (Wildman–Crippen LogP) is 3.18. The van der Waals surface area contributed by atoms with Gasteiger partial charge in [0.25, 0.3) is 5.91 Å². The molecule has 7 heteroatoms. The van der Waals surface area contributed by atoms with Gasteiger partial charge < -0.3 is 15.0 Å². The average molecular weight is 387 g/mol. The number of hydrogen-bond acceptors (Lipinski definition) is 4. The lowest BCUT2D eigenvalue weighted by Gasteiger charge is -2.16. The minimum Gasteiger partial charge on any atom is -0.455 e. The number of ether oxygens (including phenoxy) is 1. The van der Waals surface area contributed by atoms with Crippen LogP contribution in [0.1, 0.15) is 12.0 Å². The highest BCUT2D eigenvalue weighted by Crippen LogP contribution is 2.26. The lowest BCUT2D eigenvalue weighted by atomic mass is 10.1. The highest BCUT2D eigenvalue weighted by atomic mass is 35.5. The fourth-order valence-electron chi connectivity index (χ4n) is 2.91. The Morgan fingerprint density at radius 1 is 1.19 bits per heavy atom. The molecular formula is C20H19ClN2O4. The molecule has 0 aliphatic carbocycles. The second kappa shape index (κ2) is 8.22. The number of amides is 2. The van der Waals surface area contributed by atoms with E-state index in [0.29, 0.717) is 10.7 Å². The van der Waals surface area contributed by atoms with Crippen molar-refractivity contribution < 1.29 is 19.1 Å². The molecule has 0 aromatic heterocycles. The zero-order chi connectivity index (χ0) is 19.4. The minimum atomic E-state index is -0.585. The van der Waals surface area contributed by atoms with Crippen molar-refractivity contribution >= 4 is 40.8 Å². The van der Waals surface area contributed by atoms with Crippen LogP contribution in [-0.4, -0.2) is 30.9 Å². The molecule has 0 unspecified atom stereocenters. The van der Waals surface area contributed by atoms with Crippen LogP contribution >= 0.6 is 11.6 Å². The fourth-order valence-corrected chi connectivity index (χ4v) is 3.08. The molecule has 2 aromatic carbocycles. The number of carbonyl (C=O) groups excluding carboxylic acids is 3. The van der Waals surface area contributed by atoms with Gasteiger partial charge in [0.05, 0.1) is 5.92 Å². The van der Waals surface area contributed by atoms with Crippen LogP contribution in [-0.2, 0) is 19.1 Å². The number of hydrogen-bond donors (Lipinski definition) is 1. The normalized spacial score (nSPS) is 16.3. The summed E-state index contributed by atoms with van der Waals surface area (Å²) in [6.07, 6.45) is 0.0722. The molecule has 2 aromatic rings. The zero-order valence-electron chi connectivity index (χ0n) is 14.8. The first-order valence-electron chi connectivity index (χ1n) is 8.52. The molecule has 2 amide bonds. The van der Waals surface area contributed by atoms with E-state index in [1.165, 1.54) is 0 Å². The number of nitrogens with one attached hydrogen (secondary N) is 1. The first kappa shape index (κ1) is 18.9. The molecule has 0 bridgehead atoms. The van der Waals surface area contributed by atoms with Gasteiger partial charge in [0.15, 0.2) is 6.61 Å². The number of benzene rings is 2. The summed E-state index contributed by atoms with van der Waals surface area (Å²) in [5.41, 5.74) is 2.04. The minimum absolute atomic E-state index is 0.0722. The highest BCUT2D eigenvalue weighted by Gasteiger charge is 2.36. The molecule has 0 saturated carbocycles. The van der Waals surface area contributed by atoms with Crippen molar-refractivity contribution in [2.24, 2.45) is 5.92 Å². The third-order valence-corrected chi connectivity index (χ3v) is 4.82. The monoisotopic (exact) mass is 386 g/mol. The molecule has 0 radical (unpaired) electrons. The summed E-state index contributed by atoms with van der Waals surface area (Å²) in [5.74, 6) is -1.74. The number of anilines is 2. The second-order valence-corrected chi connectivity index (χ2v) is 6.72. The Kier molecular flexibility index (Phi) is 5.76. The van der Waals surface area contributed by atoms with E-state index in [1.54, 1.807) is 30.0 Å². The smallest absolute Gasteiger partial charge is 0.311 e. The van der Waals surface area contributed by atoms with E-state index >= 15 is 0 Å². The van der Waals surface area contributed by atoms with E-state index in [4.69, 9.17) is 16.3 Å². The van der Waals surface area contributed by atoms with Gasteiger partial charge in [-0.1, -0.05) is 35.9 Å². The van der Waals surface area contributed by atoms with E-state index in [9.17, 15) is 14.4 Å². The van der Waals surface area contributed by atoms with Crippen LogP contribution in [0, 0.1) is 12.8 Å². The highest BCUT2D eigenvalue weighted by molar-refractivity contribution is 6.31. The predicted molar refractivity (Wildman–Crippen MR) is 103 cm³/mol. The van der Waals surface area contributed by atoms with Crippen molar-refractivity contribution in [2.75, 3.05) is 23.4 Å².